The van der Waals surface area contributed by atoms with Gasteiger partial charge in [0, 0.05) is 16.4 Å². The quantitative estimate of drug-likeness (QED) is 0.375. The summed E-state index contributed by atoms with van der Waals surface area (Å²) in [5.41, 5.74) is 1.63. The number of hydrogen-bond acceptors (Lipinski definition) is 5. The maximum absolute atomic E-state index is 12.2. The van der Waals surface area contributed by atoms with Crippen LogP contribution >= 0.6 is 15.9 Å². The van der Waals surface area contributed by atoms with Crippen LogP contribution in [-0.4, -0.2) is 18.9 Å². The number of rotatable bonds is 5. The number of benzene rings is 2. The predicted molar refractivity (Wildman–Crippen MR) is 101 cm³/mol. The molecule has 0 bridgehead atoms. The fraction of sp³-hybridized carbons (Fsp3) is 0.0588. The highest BCUT2D eigenvalue weighted by atomic mass is 79.9. The SMILES string of the molecule is Cc1ccc(N/C=C(/C#N)C(=O)Nc2cccc(S(=O)(=O)O)c2)c(Br)c1. The summed E-state index contributed by atoms with van der Waals surface area (Å²) in [6.45, 7) is 1.93. The predicted octanol–water partition coefficient (Wildman–Crippen LogP) is 3.46. The number of anilines is 2. The molecular weight excluding hydrogens is 422 g/mol. The Hall–Kier alpha value is -2.67. The third-order valence-corrected chi connectivity index (χ3v) is 4.76. The first kappa shape index (κ1) is 19.7. The third-order valence-electron chi connectivity index (χ3n) is 3.25. The molecule has 0 saturated carbocycles. The van der Waals surface area contributed by atoms with Crippen LogP contribution in [0.4, 0.5) is 11.4 Å². The molecule has 0 radical (unpaired) electrons. The van der Waals surface area contributed by atoms with E-state index in [1.165, 1.54) is 24.4 Å². The fourth-order valence-electron chi connectivity index (χ4n) is 1.97. The van der Waals surface area contributed by atoms with Crippen molar-refractivity contribution < 1.29 is 17.8 Å². The Kier molecular flexibility index (Phi) is 6.15. The summed E-state index contributed by atoms with van der Waals surface area (Å²) >= 11 is 3.38. The molecule has 0 aliphatic heterocycles. The monoisotopic (exact) mass is 435 g/mol. The van der Waals surface area contributed by atoms with Crippen LogP contribution in [0.15, 0.2) is 63.6 Å². The number of amides is 1. The van der Waals surface area contributed by atoms with E-state index in [0.29, 0.717) is 5.69 Å². The van der Waals surface area contributed by atoms with Crippen molar-refractivity contribution in [2.24, 2.45) is 0 Å². The number of halogens is 1. The minimum atomic E-state index is -4.39. The van der Waals surface area contributed by atoms with Gasteiger partial charge in [-0.3, -0.25) is 9.35 Å². The Balaban J connectivity index is 2.17. The van der Waals surface area contributed by atoms with Gasteiger partial charge in [-0.05, 0) is 58.7 Å². The summed E-state index contributed by atoms with van der Waals surface area (Å²) in [5.74, 6) is -0.726. The second-order valence-electron chi connectivity index (χ2n) is 5.25. The Morgan fingerprint density at radius 2 is 2.00 bits per heavy atom. The van der Waals surface area contributed by atoms with Gasteiger partial charge in [0.05, 0.1) is 10.6 Å². The van der Waals surface area contributed by atoms with Gasteiger partial charge >= 0.3 is 0 Å². The lowest BCUT2D eigenvalue weighted by atomic mass is 10.2. The molecule has 26 heavy (non-hydrogen) atoms. The van der Waals surface area contributed by atoms with E-state index in [4.69, 9.17) is 4.55 Å². The van der Waals surface area contributed by atoms with Crippen molar-refractivity contribution in [1.82, 2.24) is 0 Å². The molecule has 134 valence electrons. The molecular formula is C17H14BrN3O4S. The molecule has 0 aliphatic rings. The second kappa shape index (κ2) is 8.14. The van der Waals surface area contributed by atoms with Crippen molar-refractivity contribution in [3.05, 3.63) is 64.3 Å². The summed E-state index contributed by atoms with van der Waals surface area (Å²) in [6, 6.07) is 12.4. The molecule has 2 aromatic carbocycles. The van der Waals surface area contributed by atoms with Gasteiger partial charge in [-0.15, -0.1) is 0 Å². The molecule has 0 fully saturated rings. The van der Waals surface area contributed by atoms with Crippen LogP contribution in [0.1, 0.15) is 5.56 Å². The zero-order chi connectivity index (χ0) is 19.3. The van der Waals surface area contributed by atoms with Crippen molar-refractivity contribution in [3.8, 4) is 6.07 Å². The van der Waals surface area contributed by atoms with Crippen LogP contribution in [0.3, 0.4) is 0 Å². The Bertz CT molecular complexity index is 1030. The highest BCUT2D eigenvalue weighted by Gasteiger charge is 2.13. The van der Waals surface area contributed by atoms with Gasteiger partial charge in [0.1, 0.15) is 11.6 Å². The number of hydrogen-bond donors (Lipinski definition) is 3. The molecule has 2 aromatic rings. The molecule has 3 N–H and O–H groups in total. The highest BCUT2D eigenvalue weighted by molar-refractivity contribution is 9.10. The molecule has 0 spiro atoms. The smallest absolute Gasteiger partial charge is 0.294 e. The largest absolute Gasteiger partial charge is 0.359 e. The molecule has 9 heteroatoms. The average Bonchev–Trinajstić information content (AvgIpc) is 2.56. The third kappa shape index (κ3) is 5.16. The van der Waals surface area contributed by atoms with Crippen LogP contribution in [0.2, 0.25) is 0 Å². The van der Waals surface area contributed by atoms with E-state index in [0.717, 1.165) is 16.1 Å². The lowest BCUT2D eigenvalue weighted by Gasteiger charge is -2.08. The number of carbonyl (C=O) groups is 1. The summed E-state index contributed by atoms with van der Waals surface area (Å²) in [4.78, 5) is 11.8. The molecule has 0 saturated heterocycles. The van der Waals surface area contributed by atoms with Crippen LogP contribution in [-0.2, 0) is 14.9 Å². The number of carbonyl (C=O) groups excluding carboxylic acids is 1. The van der Waals surface area contributed by atoms with E-state index in [1.54, 1.807) is 12.1 Å². The van der Waals surface area contributed by atoms with Crippen LogP contribution in [0, 0.1) is 18.3 Å². The molecule has 7 nitrogen and oxygen atoms in total. The first-order valence-corrected chi connectivity index (χ1v) is 9.46. The molecule has 0 aromatic heterocycles. The van der Waals surface area contributed by atoms with Gasteiger partial charge in [0.2, 0.25) is 0 Å². The summed E-state index contributed by atoms with van der Waals surface area (Å²) in [5, 5.41) is 14.5. The van der Waals surface area contributed by atoms with Crippen molar-refractivity contribution in [2.75, 3.05) is 10.6 Å². The van der Waals surface area contributed by atoms with E-state index in [1.807, 2.05) is 19.1 Å². The minimum Gasteiger partial charge on any atom is -0.359 e. The zero-order valence-corrected chi connectivity index (χ0v) is 15.9. The molecule has 0 atom stereocenters. The Morgan fingerprint density at radius 3 is 2.62 bits per heavy atom. The van der Waals surface area contributed by atoms with E-state index in [-0.39, 0.29) is 16.2 Å². The van der Waals surface area contributed by atoms with Gasteiger partial charge in [0.15, 0.2) is 0 Å². The Morgan fingerprint density at radius 1 is 1.27 bits per heavy atom. The number of nitrogens with one attached hydrogen (secondary N) is 2. The van der Waals surface area contributed by atoms with Gasteiger partial charge in [-0.2, -0.15) is 13.7 Å². The zero-order valence-electron chi connectivity index (χ0n) is 13.5. The average molecular weight is 436 g/mol. The van der Waals surface area contributed by atoms with Gasteiger partial charge in [0.25, 0.3) is 16.0 Å². The summed E-state index contributed by atoms with van der Waals surface area (Å²) in [6.07, 6.45) is 1.25. The van der Waals surface area contributed by atoms with E-state index < -0.39 is 16.0 Å². The number of nitrogens with zero attached hydrogens (tertiary/aromatic N) is 1. The van der Waals surface area contributed by atoms with Gasteiger partial charge < -0.3 is 10.6 Å². The summed E-state index contributed by atoms with van der Waals surface area (Å²) in [7, 11) is -4.39. The molecule has 2 rings (SSSR count). The van der Waals surface area contributed by atoms with E-state index in [2.05, 4.69) is 26.6 Å². The molecule has 0 aliphatic carbocycles. The van der Waals surface area contributed by atoms with Crippen molar-refractivity contribution >= 4 is 43.3 Å². The molecule has 1 amide bonds. The lowest BCUT2D eigenvalue weighted by molar-refractivity contribution is -0.112. The number of aryl methyl sites for hydroxylation is 1. The molecule has 0 heterocycles. The standard InChI is InChI=1S/C17H14BrN3O4S/c1-11-5-6-16(15(18)7-11)20-10-12(9-19)17(22)21-13-3-2-4-14(8-13)26(23,24)25/h2-8,10,20H,1H3,(H,21,22)(H,23,24,25)/b12-10-. The molecule has 0 unspecified atom stereocenters. The van der Waals surface area contributed by atoms with Crippen LogP contribution in [0.5, 0.6) is 0 Å². The number of nitriles is 1. The van der Waals surface area contributed by atoms with Crippen LogP contribution < -0.4 is 10.6 Å². The van der Waals surface area contributed by atoms with E-state index >= 15 is 0 Å². The fourth-order valence-corrected chi connectivity index (χ4v) is 3.10. The topological polar surface area (TPSA) is 119 Å². The van der Waals surface area contributed by atoms with E-state index in [9.17, 15) is 18.5 Å². The van der Waals surface area contributed by atoms with Crippen LogP contribution in [0.25, 0.3) is 0 Å². The first-order valence-electron chi connectivity index (χ1n) is 7.22. The summed E-state index contributed by atoms with van der Waals surface area (Å²) < 4.78 is 32.1. The highest BCUT2D eigenvalue weighted by Crippen LogP contribution is 2.23. The van der Waals surface area contributed by atoms with Gasteiger partial charge in [-0.1, -0.05) is 12.1 Å². The Labute approximate surface area is 159 Å². The normalized spacial score (nSPS) is 11.5. The lowest BCUT2D eigenvalue weighted by Crippen LogP contribution is -2.15. The maximum Gasteiger partial charge on any atom is 0.294 e. The first-order chi connectivity index (χ1) is 12.2. The minimum absolute atomic E-state index is 0.128. The van der Waals surface area contributed by atoms with Crippen molar-refractivity contribution in [3.63, 3.8) is 0 Å². The second-order valence-corrected chi connectivity index (χ2v) is 7.53. The van der Waals surface area contributed by atoms with Gasteiger partial charge in [-0.25, -0.2) is 0 Å². The van der Waals surface area contributed by atoms with Crippen molar-refractivity contribution in [2.45, 2.75) is 11.8 Å². The maximum atomic E-state index is 12.2. The van der Waals surface area contributed by atoms with Crippen molar-refractivity contribution in [1.29, 1.82) is 5.26 Å².